The summed E-state index contributed by atoms with van der Waals surface area (Å²) in [6, 6.07) is 5.59. The highest BCUT2D eigenvalue weighted by Crippen LogP contribution is 2.28. The fraction of sp³-hybridized carbons (Fsp3) is 0.500. The first kappa shape index (κ1) is 18.1. The van der Waals surface area contributed by atoms with Crippen molar-refractivity contribution in [3.8, 4) is 11.5 Å². The highest BCUT2D eigenvalue weighted by atomic mass is 16.5. The van der Waals surface area contributed by atoms with E-state index in [2.05, 4.69) is 6.92 Å². The van der Waals surface area contributed by atoms with Gasteiger partial charge >= 0.3 is 5.97 Å². The first-order valence-electron chi connectivity index (χ1n) is 7.76. The monoisotopic (exact) mass is 306 g/mol. The number of hydrogen-bond acceptors (Lipinski definition) is 4. The van der Waals surface area contributed by atoms with Crippen molar-refractivity contribution in [3.63, 3.8) is 0 Å². The standard InChI is InChI=1S/C18H26O4/c1-5-6-7-12-21-16-10-8-15(13-17(16)20-4)9-11-18(19)22-14(2)3/h8-11,13-14H,5-7,12H2,1-4H3/b11-9+. The third-order valence-corrected chi connectivity index (χ3v) is 2.96. The van der Waals surface area contributed by atoms with E-state index in [1.165, 1.54) is 6.08 Å². The lowest BCUT2D eigenvalue weighted by Crippen LogP contribution is -2.08. The van der Waals surface area contributed by atoms with E-state index in [1.807, 2.05) is 32.0 Å². The minimum atomic E-state index is -0.353. The first-order valence-corrected chi connectivity index (χ1v) is 7.76. The van der Waals surface area contributed by atoms with Crippen LogP contribution >= 0.6 is 0 Å². The van der Waals surface area contributed by atoms with Crippen molar-refractivity contribution in [2.24, 2.45) is 0 Å². The summed E-state index contributed by atoms with van der Waals surface area (Å²) in [5, 5.41) is 0. The third-order valence-electron chi connectivity index (χ3n) is 2.96. The second-order valence-electron chi connectivity index (χ2n) is 5.28. The molecule has 1 aromatic carbocycles. The zero-order valence-corrected chi connectivity index (χ0v) is 13.9. The van der Waals surface area contributed by atoms with E-state index in [-0.39, 0.29) is 12.1 Å². The number of hydrogen-bond donors (Lipinski definition) is 0. The Labute approximate surface area is 133 Å². The van der Waals surface area contributed by atoms with Gasteiger partial charge < -0.3 is 14.2 Å². The maximum atomic E-state index is 11.5. The van der Waals surface area contributed by atoms with Gasteiger partial charge in [0.05, 0.1) is 19.8 Å². The first-order chi connectivity index (χ1) is 10.6. The van der Waals surface area contributed by atoms with E-state index in [0.717, 1.165) is 30.6 Å². The van der Waals surface area contributed by atoms with Gasteiger partial charge in [-0.25, -0.2) is 4.79 Å². The molecule has 0 saturated carbocycles. The second-order valence-corrected chi connectivity index (χ2v) is 5.28. The van der Waals surface area contributed by atoms with Crippen LogP contribution in [0.1, 0.15) is 45.6 Å². The highest BCUT2D eigenvalue weighted by Gasteiger charge is 2.05. The van der Waals surface area contributed by atoms with Crippen LogP contribution < -0.4 is 9.47 Å². The summed E-state index contributed by atoms with van der Waals surface area (Å²) in [5.74, 6) is 1.03. The lowest BCUT2D eigenvalue weighted by molar-refractivity contribution is -0.141. The lowest BCUT2D eigenvalue weighted by atomic mass is 10.2. The van der Waals surface area contributed by atoms with Gasteiger partial charge in [-0.1, -0.05) is 25.8 Å². The lowest BCUT2D eigenvalue weighted by Gasteiger charge is -2.11. The minimum absolute atomic E-state index is 0.120. The van der Waals surface area contributed by atoms with Crippen molar-refractivity contribution < 1.29 is 19.0 Å². The molecule has 0 aromatic heterocycles. The maximum absolute atomic E-state index is 11.5. The second kappa shape index (κ2) is 9.87. The van der Waals surface area contributed by atoms with Crippen molar-refractivity contribution in [1.82, 2.24) is 0 Å². The fourth-order valence-corrected chi connectivity index (χ4v) is 1.88. The Bertz CT molecular complexity index is 492. The van der Waals surface area contributed by atoms with E-state index < -0.39 is 0 Å². The molecule has 0 bridgehead atoms. The molecule has 0 aliphatic rings. The molecular weight excluding hydrogens is 280 g/mol. The predicted octanol–water partition coefficient (Wildman–Crippen LogP) is 4.23. The summed E-state index contributed by atoms with van der Waals surface area (Å²) in [6.07, 6.45) is 6.34. The molecule has 0 spiro atoms. The smallest absolute Gasteiger partial charge is 0.331 e. The molecule has 0 aliphatic carbocycles. The van der Waals surface area contributed by atoms with Crippen molar-refractivity contribution >= 4 is 12.0 Å². The van der Waals surface area contributed by atoms with Crippen molar-refractivity contribution in [1.29, 1.82) is 0 Å². The van der Waals surface area contributed by atoms with Crippen LogP contribution in [0, 0.1) is 0 Å². The van der Waals surface area contributed by atoms with Crippen molar-refractivity contribution in [2.75, 3.05) is 13.7 Å². The van der Waals surface area contributed by atoms with E-state index in [1.54, 1.807) is 13.2 Å². The average molecular weight is 306 g/mol. The third kappa shape index (κ3) is 6.66. The van der Waals surface area contributed by atoms with E-state index in [4.69, 9.17) is 14.2 Å². The van der Waals surface area contributed by atoms with Gasteiger partial charge in [0, 0.05) is 6.08 Å². The number of carbonyl (C=O) groups excluding carboxylic acids is 1. The van der Waals surface area contributed by atoms with Gasteiger partial charge in [-0.05, 0) is 44.0 Å². The van der Waals surface area contributed by atoms with Crippen LogP contribution in [0.5, 0.6) is 11.5 Å². The number of esters is 1. The summed E-state index contributed by atoms with van der Waals surface area (Å²) < 4.78 is 16.1. The quantitative estimate of drug-likeness (QED) is 0.389. The van der Waals surface area contributed by atoms with Gasteiger partial charge in [-0.15, -0.1) is 0 Å². The number of benzene rings is 1. The maximum Gasteiger partial charge on any atom is 0.331 e. The Morgan fingerprint density at radius 1 is 1.23 bits per heavy atom. The predicted molar refractivity (Wildman–Crippen MR) is 88.3 cm³/mol. The fourth-order valence-electron chi connectivity index (χ4n) is 1.88. The van der Waals surface area contributed by atoms with E-state index in [0.29, 0.717) is 12.4 Å². The summed E-state index contributed by atoms with van der Waals surface area (Å²) in [4.78, 5) is 11.5. The molecular formula is C18H26O4. The SMILES string of the molecule is CCCCCOc1ccc(/C=C/C(=O)OC(C)C)cc1OC. The minimum Gasteiger partial charge on any atom is -0.493 e. The Balaban J connectivity index is 2.67. The van der Waals surface area contributed by atoms with Gasteiger partial charge in [0.1, 0.15) is 0 Å². The van der Waals surface area contributed by atoms with Crippen LogP contribution in [0.25, 0.3) is 6.08 Å². The molecule has 0 saturated heterocycles. The van der Waals surface area contributed by atoms with Crippen LogP contribution in [-0.4, -0.2) is 25.8 Å². The van der Waals surface area contributed by atoms with Crippen LogP contribution in [-0.2, 0) is 9.53 Å². The molecule has 0 unspecified atom stereocenters. The molecule has 1 rings (SSSR count). The molecule has 22 heavy (non-hydrogen) atoms. The van der Waals surface area contributed by atoms with Gasteiger partial charge in [-0.3, -0.25) is 0 Å². The molecule has 0 heterocycles. The largest absolute Gasteiger partial charge is 0.493 e. The van der Waals surface area contributed by atoms with Crippen molar-refractivity contribution in [2.45, 2.75) is 46.1 Å². The highest BCUT2D eigenvalue weighted by molar-refractivity contribution is 5.87. The molecule has 4 heteroatoms. The molecule has 4 nitrogen and oxygen atoms in total. The van der Waals surface area contributed by atoms with E-state index >= 15 is 0 Å². The zero-order valence-electron chi connectivity index (χ0n) is 13.9. The molecule has 0 N–H and O–H groups in total. The molecule has 1 aromatic rings. The Kier molecular flexibility index (Phi) is 8.11. The van der Waals surface area contributed by atoms with Crippen LogP contribution in [0.4, 0.5) is 0 Å². The summed E-state index contributed by atoms with van der Waals surface area (Å²) >= 11 is 0. The number of methoxy groups -OCH3 is 1. The Hall–Kier alpha value is -1.97. The van der Waals surface area contributed by atoms with Crippen LogP contribution in [0.3, 0.4) is 0 Å². The number of ether oxygens (including phenoxy) is 3. The summed E-state index contributed by atoms with van der Waals surface area (Å²) in [5.41, 5.74) is 0.860. The van der Waals surface area contributed by atoms with Crippen LogP contribution in [0.2, 0.25) is 0 Å². The topological polar surface area (TPSA) is 44.8 Å². The summed E-state index contributed by atoms with van der Waals surface area (Å²) in [7, 11) is 1.61. The molecule has 0 amide bonds. The Morgan fingerprint density at radius 3 is 2.64 bits per heavy atom. The molecule has 122 valence electrons. The summed E-state index contributed by atoms with van der Waals surface area (Å²) in [6.45, 7) is 6.48. The molecule has 0 fully saturated rings. The number of unbranched alkanes of at least 4 members (excludes halogenated alkanes) is 2. The van der Waals surface area contributed by atoms with Crippen LogP contribution in [0.15, 0.2) is 24.3 Å². The van der Waals surface area contributed by atoms with Gasteiger partial charge in [0.25, 0.3) is 0 Å². The number of carbonyl (C=O) groups is 1. The van der Waals surface area contributed by atoms with Gasteiger partial charge in [0.15, 0.2) is 11.5 Å². The Morgan fingerprint density at radius 2 is 2.00 bits per heavy atom. The average Bonchev–Trinajstić information content (AvgIpc) is 2.49. The molecule has 0 atom stereocenters. The van der Waals surface area contributed by atoms with E-state index in [9.17, 15) is 4.79 Å². The van der Waals surface area contributed by atoms with Crippen molar-refractivity contribution in [3.05, 3.63) is 29.8 Å². The zero-order chi connectivity index (χ0) is 16.4. The van der Waals surface area contributed by atoms with Gasteiger partial charge in [-0.2, -0.15) is 0 Å². The normalized spacial score (nSPS) is 11.0. The molecule has 0 radical (unpaired) electrons. The number of rotatable bonds is 9. The van der Waals surface area contributed by atoms with Gasteiger partial charge in [0.2, 0.25) is 0 Å². The molecule has 0 aliphatic heterocycles.